The first-order valence-corrected chi connectivity index (χ1v) is 7.42. The van der Waals surface area contributed by atoms with Crippen molar-refractivity contribution in [2.24, 2.45) is 11.3 Å². The fourth-order valence-corrected chi connectivity index (χ4v) is 2.99. The number of hydrogen-bond acceptors (Lipinski definition) is 2. The number of amides is 1. The Morgan fingerprint density at radius 2 is 2.00 bits per heavy atom. The van der Waals surface area contributed by atoms with Crippen LogP contribution in [0.3, 0.4) is 0 Å². The lowest BCUT2D eigenvalue weighted by Crippen LogP contribution is -2.45. The van der Waals surface area contributed by atoms with Crippen LogP contribution in [0.2, 0.25) is 0 Å². The van der Waals surface area contributed by atoms with Gasteiger partial charge in [0, 0.05) is 13.1 Å². The van der Waals surface area contributed by atoms with Gasteiger partial charge in [-0.1, -0.05) is 26.2 Å². The van der Waals surface area contributed by atoms with Crippen LogP contribution < -0.4 is 0 Å². The van der Waals surface area contributed by atoms with Gasteiger partial charge in [-0.25, -0.2) is 0 Å². The highest BCUT2D eigenvalue weighted by Gasteiger charge is 2.43. The molecular formula is C15H24N2O. The van der Waals surface area contributed by atoms with Crippen molar-refractivity contribution in [1.29, 1.82) is 5.26 Å². The number of carbonyl (C=O) groups is 1. The van der Waals surface area contributed by atoms with Gasteiger partial charge in [-0.15, -0.1) is 0 Å². The van der Waals surface area contributed by atoms with Crippen LogP contribution in [-0.2, 0) is 4.79 Å². The zero-order valence-corrected chi connectivity index (χ0v) is 11.5. The lowest BCUT2D eigenvalue weighted by molar-refractivity contribution is -0.141. The van der Waals surface area contributed by atoms with E-state index in [1.54, 1.807) is 0 Å². The molecule has 0 atom stereocenters. The van der Waals surface area contributed by atoms with Gasteiger partial charge in [0.25, 0.3) is 0 Å². The Kier molecular flexibility index (Phi) is 4.27. The molecule has 0 saturated heterocycles. The quantitative estimate of drug-likeness (QED) is 0.750. The third-order valence-electron chi connectivity index (χ3n) is 4.29. The van der Waals surface area contributed by atoms with Crippen LogP contribution in [0, 0.1) is 22.7 Å². The Balaban J connectivity index is 2.06. The molecule has 3 nitrogen and oxygen atoms in total. The highest BCUT2D eigenvalue weighted by atomic mass is 16.2. The molecule has 0 radical (unpaired) electrons. The second kappa shape index (κ2) is 5.73. The van der Waals surface area contributed by atoms with Gasteiger partial charge >= 0.3 is 0 Å². The highest BCUT2D eigenvalue weighted by Crippen LogP contribution is 2.38. The van der Waals surface area contributed by atoms with E-state index < -0.39 is 5.41 Å². The molecule has 2 aliphatic carbocycles. The molecule has 0 aromatic rings. The van der Waals surface area contributed by atoms with Crippen LogP contribution in [-0.4, -0.2) is 23.9 Å². The van der Waals surface area contributed by atoms with E-state index in [0.29, 0.717) is 5.92 Å². The predicted octanol–water partition coefficient (Wildman–Crippen LogP) is 3.11. The summed E-state index contributed by atoms with van der Waals surface area (Å²) in [6.07, 6.45) is 8.28. The molecule has 0 N–H and O–H groups in total. The average molecular weight is 248 g/mol. The summed E-state index contributed by atoms with van der Waals surface area (Å²) in [5.74, 6) is 0.832. The third kappa shape index (κ3) is 2.85. The Morgan fingerprint density at radius 3 is 2.50 bits per heavy atom. The predicted molar refractivity (Wildman–Crippen MR) is 70.7 cm³/mol. The summed E-state index contributed by atoms with van der Waals surface area (Å²) >= 11 is 0. The maximum atomic E-state index is 12.7. The molecule has 3 heteroatoms. The lowest BCUT2D eigenvalue weighted by Gasteiger charge is -2.35. The standard InChI is InChI=1S/C15H24N2O/c1-2-10-17(11-13-6-7-13)14(18)15(12-16)8-4-3-5-9-15/h13H,2-11H2,1H3. The molecule has 0 bridgehead atoms. The first-order chi connectivity index (χ1) is 8.72. The SMILES string of the molecule is CCCN(CC1CC1)C(=O)C1(C#N)CCCCC1. The molecule has 2 aliphatic rings. The van der Waals surface area contributed by atoms with Crippen molar-refractivity contribution >= 4 is 5.91 Å². The van der Waals surface area contributed by atoms with Gasteiger partial charge in [0.15, 0.2) is 0 Å². The number of carbonyl (C=O) groups excluding carboxylic acids is 1. The summed E-state index contributed by atoms with van der Waals surface area (Å²) in [6.45, 7) is 3.81. The van der Waals surface area contributed by atoms with E-state index in [1.807, 2.05) is 4.90 Å². The first-order valence-electron chi connectivity index (χ1n) is 7.42. The van der Waals surface area contributed by atoms with Crippen LogP contribution in [0.4, 0.5) is 0 Å². The monoisotopic (exact) mass is 248 g/mol. The summed E-state index contributed by atoms with van der Waals surface area (Å²) in [7, 11) is 0. The molecule has 18 heavy (non-hydrogen) atoms. The molecule has 0 spiro atoms. The third-order valence-corrected chi connectivity index (χ3v) is 4.29. The summed E-state index contributed by atoms with van der Waals surface area (Å²) in [4.78, 5) is 14.7. The van der Waals surface area contributed by atoms with Crippen molar-refractivity contribution < 1.29 is 4.79 Å². The van der Waals surface area contributed by atoms with Gasteiger partial charge in [0.05, 0.1) is 6.07 Å². The zero-order valence-electron chi connectivity index (χ0n) is 11.5. The van der Waals surface area contributed by atoms with E-state index in [1.165, 1.54) is 19.3 Å². The normalized spacial score (nSPS) is 22.2. The molecule has 2 saturated carbocycles. The van der Waals surface area contributed by atoms with Gasteiger partial charge in [0.1, 0.15) is 5.41 Å². The second-order valence-corrected chi connectivity index (χ2v) is 5.95. The summed E-state index contributed by atoms with van der Waals surface area (Å²) < 4.78 is 0. The van der Waals surface area contributed by atoms with E-state index in [-0.39, 0.29) is 5.91 Å². The van der Waals surface area contributed by atoms with Crippen molar-refractivity contribution in [2.75, 3.05) is 13.1 Å². The maximum Gasteiger partial charge on any atom is 0.243 e. The van der Waals surface area contributed by atoms with Crippen LogP contribution in [0.5, 0.6) is 0 Å². The first kappa shape index (κ1) is 13.4. The van der Waals surface area contributed by atoms with Gasteiger partial charge in [0.2, 0.25) is 5.91 Å². The largest absolute Gasteiger partial charge is 0.341 e. The van der Waals surface area contributed by atoms with E-state index in [2.05, 4.69) is 13.0 Å². The summed E-state index contributed by atoms with van der Waals surface area (Å²) in [5, 5.41) is 9.48. The lowest BCUT2D eigenvalue weighted by atomic mass is 9.74. The molecular weight excluding hydrogens is 224 g/mol. The minimum Gasteiger partial charge on any atom is -0.341 e. The average Bonchev–Trinajstić information content (AvgIpc) is 3.22. The van der Waals surface area contributed by atoms with Crippen LogP contribution >= 0.6 is 0 Å². The fourth-order valence-electron chi connectivity index (χ4n) is 2.99. The van der Waals surface area contributed by atoms with E-state index in [4.69, 9.17) is 0 Å². The molecule has 0 aromatic heterocycles. The molecule has 0 aromatic carbocycles. The molecule has 100 valence electrons. The minimum atomic E-state index is -0.692. The van der Waals surface area contributed by atoms with E-state index in [9.17, 15) is 10.1 Å². The Hall–Kier alpha value is -1.04. The number of rotatable bonds is 5. The number of nitrogens with zero attached hydrogens (tertiary/aromatic N) is 2. The van der Waals surface area contributed by atoms with Gasteiger partial charge in [-0.3, -0.25) is 4.79 Å². The summed E-state index contributed by atoms with van der Waals surface area (Å²) in [5.41, 5.74) is -0.692. The summed E-state index contributed by atoms with van der Waals surface area (Å²) in [6, 6.07) is 2.36. The molecule has 1 amide bonds. The van der Waals surface area contributed by atoms with E-state index >= 15 is 0 Å². The molecule has 2 fully saturated rings. The van der Waals surface area contributed by atoms with Crippen molar-refractivity contribution in [1.82, 2.24) is 4.90 Å². The topological polar surface area (TPSA) is 44.1 Å². The Bertz CT molecular complexity index is 335. The van der Waals surface area contributed by atoms with Crippen LogP contribution in [0.15, 0.2) is 0 Å². The van der Waals surface area contributed by atoms with E-state index in [0.717, 1.165) is 45.2 Å². The number of nitriles is 1. The van der Waals surface area contributed by atoms with Gasteiger partial charge in [-0.05, 0) is 38.0 Å². The maximum absolute atomic E-state index is 12.7. The van der Waals surface area contributed by atoms with Crippen LogP contribution in [0.25, 0.3) is 0 Å². The second-order valence-electron chi connectivity index (χ2n) is 5.95. The molecule has 2 rings (SSSR count). The van der Waals surface area contributed by atoms with Crippen molar-refractivity contribution in [2.45, 2.75) is 58.3 Å². The fraction of sp³-hybridized carbons (Fsp3) is 0.867. The van der Waals surface area contributed by atoms with Crippen LogP contribution in [0.1, 0.15) is 58.3 Å². The van der Waals surface area contributed by atoms with Crippen molar-refractivity contribution in [3.8, 4) is 6.07 Å². The Morgan fingerprint density at radius 1 is 1.33 bits per heavy atom. The molecule has 0 unspecified atom stereocenters. The van der Waals surface area contributed by atoms with Crippen molar-refractivity contribution in [3.63, 3.8) is 0 Å². The zero-order chi connectivity index (χ0) is 13.0. The van der Waals surface area contributed by atoms with Gasteiger partial charge in [-0.2, -0.15) is 5.26 Å². The molecule has 0 aliphatic heterocycles. The van der Waals surface area contributed by atoms with Gasteiger partial charge < -0.3 is 4.90 Å². The smallest absolute Gasteiger partial charge is 0.243 e. The molecule has 0 heterocycles. The minimum absolute atomic E-state index is 0.124. The van der Waals surface area contributed by atoms with Crippen molar-refractivity contribution in [3.05, 3.63) is 0 Å². The highest BCUT2D eigenvalue weighted by molar-refractivity contribution is 5.85. The number of hydrogen-bond donors (Lipinski definition) is 0. The Labute approximate surface area is 110 Å².